The third-order valence-electron chi connectivity index (χ3n) is 4.62. The van der Waals surface area contributed by atoms with Gasteiger partial charge < -0.3 is 9.64 Å². The van der Waals surface area contributed by atoms with Crippen LogP contribution in [-0.4, -0.2) is 62.9 Å². The molecule has 1 atom stereocenters. The lowest BCUT2D eigenvalue weighted by Crippen LogP contribution is -2.49. The maximum absolute atomic E-state index is 13.7. The second kappa shape index (κ2) is 11.2. The summed E-state index contributed by atoms with van der Waals surface area (Å²) in [6.07, 6.45) is 1.04. The van der Waals surface area contributed by atoms with Gasteiger partial charge >= 0.3 is 6.03 Å². The Balaban J connectivity index is 1.84. The average Bonchev–Trinajstić information content (AvgIpc) is 2.68. The Bertz CT molecular complexity index is 921. The third-order valence-corrected chi connectivity index (χ3v) is 6.49. The van der Waals surface area contributed by atoms with Crippen LogP contribution in [-0.2, 0) is 14.6 Å². The summed E-state index contributed by atoms with van der Waals surface area (Å²) in [6, 6.07) is 3.23. The summed E-state index contributed by atoms with van der Waals surface area (Å²) >= 11 is 0. The van der Waals surface area contributed by atoms with E-state index in [1.54, 1.807) is 19.1 Å². The van der Waals surface area contributed by atoms with Gasteiger partial charge in [-0.1, -0.05) is 25.1 Å². The summed E-state index contributed by atoms with van der Waals surface area (Å²) in [7, 11) is -3.44. The smallest absolute Gasteiger partial charge is 0.324 e. The van der Waals surface area contributed by atoms with Crippen molar-refractivity contribution in [1.82, 2.24) is 10.2 Å². The Morgan fingerprint density at radius 2 is 2.00 bits per heavy atom. The molecule has 0 bridgehead atoms. The first-order valence-corrected chi connectivity index (χ1v) is 11.5. The summed E-state index contributed by atoms with van der Waals surface area (Å²) in [5.74, 6) is -2.26. The molecule has 1 N–H and O–H groups in total. The van der Waals surface area contributed by atoms with Crippen LogP contribution in [0.25, 0.3) is 0 Å². The molecule has 1 saturated heterocycles. The van der Waals surface area contributed by atoms with Gasteiger partial charge in [0, 0.05) is 19.5 Å². The highest BCUT2D eigenvalue weighted by molar-refractivity contribution is 7.91. The van der Waals surface area contributed by atoms with Gasteiger partial charge in [0.2, 0.25) is 5.91 Å². The zero-order chi connectivity index (χ0) is 23.0. The quantitative estimate of drug-likeness (QED) is 0.511. The predicted molar refractivity (Wildman–Crippen MR) is 108 cm³/mol. The van der Waals surface area contributed by atoms with E-state index in [1.165, 1.54) is 17.0 Å². The highest BCUT2D eigenvalue weighted by Gasteiger charge is 2.22. The number of ether oxygens (including phenoxy) is 1. The van der Waals surface area contributed by atoms with E-state index < -0.39 is 40.6 Å². The second-order valence-corrected chi connectivity index (χ2v) is 9.45. The molecule has 31 heavy (non-hydrogen) atoms. The minimum Gasteiger partial charge on any atom is -0.485 e. The topological polar surface area (TPSA) is 92.8 Å². The molecule has 1 aliphatic heterocycles. The summed E-state index contributed by atoms with van der Waals surface area (Å²) in [5.41, 5.74) is 0.468. The molecule has 1 aromatic carbocycles. The Hall–Kier alpha value is -2.56. The van der Waals surface area contributed by atoms with E-state index in [-0.39, 0.29) is 42.5 Å². The number of benzene rings is 1. The van der Waals surface area contributed by atoms with Crippen LogP contribution in [0.4, 0.5) is 18.0 Å². The van der Waals surface area contributed by atoms with Gasteiger partial charge in [-0.3, -0.25) is 10.1 Å². The fraction of sp³-hybridized carbons (Fsp3) is 0.500. The van der Waals surface area contributed by atoms with Gasteiger partial charge in [-0.2, -0.15) is 0 Å². The van der Waals surface area contributed by atoms with Crippen molar-refractivity contribution >= 4 is 21.8 Å². The zero-order valence-corrected chi connectivity index (χ0v) is 17.8. The van der Waals surface area contributed by atoms with Crippen LogP contribution >= 0.6 is 0 Å². The third kappa shape index (κ3) is 8.23. The number of hydrogen-bond acceptors (Lipinski definition) is 5. The normalized spacial score (nSPS) is 16.1. The summed E-state index contributed by atoms with van der Waals surface area (Å²) in [6.45, 7) is 1.28. The van der Waals surface area contributed by atoms with Gasteiger partial charge in [0.05, 0.1) is 11.5 Å². The number of amides is 3. The van der Waals surface area contributed by atoms with Crippen LogP contribution in [0.2, 0.25) is 0 Å². The van der Waals surface area contributed by atoms with Crippen LogP contribution in [0.1, 0.15) is 31.2 Å². The van der Waals surface area contributed by atoms with E-state index in [0.717, 1.165) is 6.07 Å². The Kier molecular flexibility index (Phi) is 8.90. The monoisotopic (exact) mass is 462 g/mol. The molecule has 3 amide bonds. The van der Waals surface area contributed by atoms with Crippen molar-refractivity contribution in [2.24, 2.45) is 0 Å². The molecule has 11 heteroatoms. The van der Waals surface area contributed by atoms with E-state index in [1.807, 2.05) is 0 Å². The summed E-state index contributed by atoms with van der Waals surface area (Å²) < 4.78 is 67.8. The number of allylic oxidation sites excluding steroid dienone is 1. The van der Waals surface area contributed by atoms with Gasteiger partial charge in [0.25, 0.3) is 6.43 Å². The lowest BCUT2D eigenvalue weighted by Gasteiger charge is -2.25. The van der Waals surface area contributed by atoms with Crippen molar-refractivity contribution in [2.75, 3.05) is 31.2 Å². The zero-order valence-electron chi connectivity index (χ0n) is 17.0. The predicted octanol–water partition coefficient (Wildman–Crippen LogP) is 2.88. The number of carbonyl (C=O) groups is 2. The number of urea groups is 1. The van der Waals surface area contributed by atoms with Gasteiger partial charge in [-0.15, -0.1) is 0 Å². The number of carbonyl (C=O) groups excluding carboxylic acids is 2. The maximum Gasteiger partial charge on any atom is 0.324 e. The van der Waals surface area contributed by atoms with E-state index >= 15 is 0 Å². The fourth-order valence-corrected chi connectivity index (χ4v) is 4.61. The lowest BCUT2D eigenvalue weighted by atomic mass is 10.0. The van der Waals surface area contributed by atoms with Crippen molar-refractivity contribution < 1.29 is 35.9 Å². The number of nitrogens with one attached hydrogen (secondary N) is 1. The Morgan fingerprint density at radius 1 is 1.26 bits per heavy atom. The van der Waals surface area contributed by atoms with Crippen LogP contribution in [0, 0.1) is 5.82 Å². The Morgan fingerprint density at radius 3 is 2.68 bits per heavy atom. The van der Waals surface area contributed by atoms with E-state index in [2.05, 4.69) is 5.32 Å². The number of rotatable bonds is 11. The molecule has 0 radical (unpaired) electrons. The summed E-state index contributed by atoms with van der Waals surface area (Å²) in [5, 5.41) is 2.20. The largest absolute Gasteiger partial charge is 0.485 e. The lowest BCUT2D eigenvalue weighted by molar-refractivity contribution is -0.121. The molecule has 0 aliphatic carbocycles. The number of hydrogen-bond donors (Lipinski definition) is 1. The molecule has 7 nitrogen and oxygen atoms in total. The highest BCUT2D eigenvalue weighted by atomic mass is 32.2. The van der Waals surface area contributed by atoms with Gasteiger partial charge in [-0.25, -0.2) is 26.4 Å². The van der Waals surface area contributed by atoms with Crippen molar-refractivity contribution in [3.63, 3.8) is 0 Å². The molecule has 1 fully saturated rings. The number of sulfone groups is 1. The van der Waals surface area contributed by atoms with Gasteiger partial charge in [0.1, 0.15) is 6.61 Å². The molecule has 1 aromatic rings. The van der Waals surface area contributed by atoms with Crippen molar-refractivity contribution in [2.45, 2.75) is 32.1 Å². The van der Waals surface area contributed by atoms with Crippen LogP contribution in [0.15, 0.2) is 30.4 Å². The molecule has 0 spiro atoms. The maximum atomic E-state index is 13.7. The fourth-order valence-electron chi connectivity index (χ4n) is 2.99. The molecule has 172 valence electrons. The first-order valence-electron chi connectivity index (χ1n) is 9.72. The number of alkyl halides is 2. The first-order chi connectivity index (χ1) is 14.6. The number of nitrogens with zero attached hydrogens (tertiary/aromatic N) is 1. The first kappa shape index (κ1) is 24.7. The molecule has 0 saturated carbocycles. The van der Waals surface area contributed by atoms with Gasteiger partial charge in [-0.05, 0) is 30.0 Å². The van der Waals surface area contributed by atoms with E-state index in [9.17, 15) is 31.2 Å². The van der Waals surface area contributed by atoms with Crippen LogP contribution < -0.4 is 10.1 Å². The minimum absolute atomic E-state index is 0.117. The van der Waals surface area contributed by atoms with Crippen molar-refractivity contribution in [3.05, 3.63) is 41.7 Å². The molecule has 1 aliphatic rings. The van der Waals surface area contributed by atoms with Crippen molar-refractivity contribution in [1.29, 1.82) is 0 Å². The molecular weight excluding hydrogens is 437 g/mol. The minimum atomic E-state index is -3.44. The van der Waals surface area contributed by atoms with E-state index in [4.69, 9.17) is 4.74 Å². The van der Waals surface area contributed by atoms with Gasteiger partial charge in [0.15, 0.2) is 21.4 Å². The van der Waals surface area contributed by atoms with Crippen molar-refractivity contribution in [3.8, 4) is 5.75 Å². The second-order valence-electron chi connectivity index (χ2n) is 7.22. The van der Waals surface area contributed by atoms with E-state index in [0.29, 0.717) is 12.1 Å². The molecule has 0 aromatic heterocycles. The average molecular weight is 462 g/mol. The standard InChI is InChI=1S/C20H25F3N2O5S/c1-14(15-5-6-16(21)17(11-15)30-12-18(22)23)13-31(28,29)10-4-2-3-8-25-9-7-19(26)24-20(25)27/h2-3,5-6,11,14,18H,4,7-10,12-13H2,1H3,(H,24,26,27)/b3-2+/t14-/m0/s1. The molecule has 2 rings (SSSR count). The molecule has 1 heterocycles. The van der Waals surface area contributed by atoms with Crippen LogP contribution in [0.5, 0.6) is 5.75 Å². The molecular formula is C20H25F3N2O5S. The SMILES string of the molecule is C[C@@H](CS(=O)(=O)CC/C=C/CN1CCC(=O)NC1=O)c1ccc(F)c(OCC(F)F)c1. The Labute approximate surface area is 179 Å². The highest BCUT2D eigenvalue weighted by Crippen LogP contribution is 2.25. The number of halogens is 3. The molecule has 0 unspecified atom stereocenters. The summed E-state index contributed by atoms with van der Waals surface area (Å²) in [4.78, 5) is 24.1. The number of imide groups is 1. The van der Waals surface area contributed by atoms with Crippen LogP contribution in [0.3, 0.4) is 0 Å².